The molecule has 0 fully saturated rings. The molecule has 0 saturated carbocycles. The minimum atomic E-state index is -0.462. The summed E-state index contributed by atoms with van der Waals surface area (Å²) in [5.41, 5.74) is 5.52. The molecule has 0 saturated heterocycles. The zero-order chi connectivity index (χ0) is 10.1. The number of nitrogens with zero attached hydrogens (tertiary/aromatic N) is 2. The maximum atomic E-state index is 10.6. The Balaban J connectivity index is 3.14. The standard InChI is InChI=1S/C7H12N4O2/c1-7(2,4-8)6-5(11(12)13)3-9-10-6/h3H,4,8H2,1-2H3,(H,9,10). The smallest absolute Gasteiger partial charge is 0.310 e. The molecule has 13 heavy (non-hydrogen) atoms. The average Bonchev–Trinajstić information content (AvgIpc) is 2.52. The predicted octanol–water partition coefficient (Wildman–Crippen LogP) is 0.554. The Bertz CT molecular complexity index is 318. The van der Waals surface area contributed by atoms with Crippen LogP contribution in [-0.4, -0.2) is 21.7 Å². The first-order valence-corrected chi connectivity index (χ1v) is 3.87. The van der Waals surface area contributed by atoms with Gasteiger partial charge >= 0.3 is 5.69 Å². The topological polar surface area (TPSA) is 97.8 Å². The van der Waals surface area contributed by atoms with Crippen molar-refractivity contribution in [2.24, 2.45) is 5.73 Å². The number of nitrogens with one attached hydrogen (secondary N) is 1. The van der Waals surface area contributed by atoms with Crippen molar-refractivity contribution in [1.29, 1.82) is 0 Å². The van der Waals surface area contributed by atoms with Gasteiger partial charge in [-0.25, -0.2) is 0 Å². The first-order valence-electron chi connectivity index (χ1n) is 3.87. The van der Waals surface area contributed by atoms with Gasteiger partial charge in [-0.05, 0) is 0 Å². The molecule has 1 aromatic rings. The summed E-state index contributed by atoms with van der Waals surface area (Å²) in [6, 6.07) is 0. The molecule has 1 rings (SSSR count). The third kappa shape index (κ3) is 1.67. The van der Waals surface area contributed by atoms with Gasteiger partial charge in [-0.2, -0.15) is 5.10 Å². The number of nitrogens with two attached hydrogens (primary N) is 1. The van der Waals surface area contributed by atoms with Gasteiger partial charge in [0.1, 0.15) is 11.9 Å². The minimum absolute atomic E-state index is 0.00421. The van der Waals surface area contributed by atoms with Crippen LogP contribution >= 0.6 is 0 Å². The van der Waals surface area contributed by atoms with Gasteiger partial charge in [0.05, 0.1) is 4.92 Å². The summed E-state index contributed by atoms with van der Waals surface area (Å²) in [4.78, 5) is 10.1. The maximum Gasteiger partial charge on any atom is 0.310 e. The molecule has 0 unspecified atom stereocenters. The van der Waals surface area contributed by atoms with Crippen molar-refractivity contribution < 1.29 is 4.92 Å². The summed E-state index contributed by atoms with van der Waals surface area (Å²) in [6.07, 6.45) is 1.20. The second-order valence-corrected chi connectivity index (χ2v) is 3.48. The van der Waals surface area contributed by atoms with Crippen LogP contribution in [0.2, 0.25) is 0 Å². The molecule has 1 aromatic heterocycles. The van der Waals surface area contributed by atoms with Crippen LogP contribution in [0.15, 0.2) is 6.20 Å². The molecule has 0 bridgehead atoms. The van der Waals surface area contributed by atoms with E-state index >= 15 is 0 Å². The molecule has 0 amide bonds. The van der Waals surface area contributed by atoms with Crippen LogP contribution in [0.5, 0.6) is 0 Å². The van der Waals surface area contributed by atoms with Gasteiger partial charge in [0, 0.05) is 12.0 Å². The van der Waals surface area contributed by atoms with Gasteiger partial charge in [-0.1, -0.05) is 13.8 Å². The summed E-state index contributed by atoms with van der Waals surface area (Å²) in [7, 11) is 0. The summed E-state index contributed by atoms with van der Waals surface area (Å²) < 4.78 is 0. The zero-order valence-electron chi connectivity index (χ0n) is 7.57. The van der Waals surface area contributed by atoms with Crippen LogP contribution in [-0.2, 0) is 5.41 Å². The molecule has 0 aliphatic rings. The first kappa shape index (κ1) is 9.66. The van der Waals surface area contributed by atoms with Gasteiger partial charge in [-0.3, -0.25) is 15.2 Å². The lowest BCUT2D eigenvalue weighted by atomic mass is 9.89. The average molecular weight is 184 g/mol. The molecule has 0 radical (unpaired) electrons. The van der Waals surface area contributed by atoms with Crippen molar-refractivity contribution in [2.75, 3.05) is 6.54 Å². The van der Waals surface area contributed by atoms with Crippen molar-refractivity contribution >= 4 is 5.69 Å². The van der Waals surface area contributed by atoms with E-state index in [4.69, 9.17) is 5.73 Å². The number of rotatable bonds is 3. The Morgan fingerprint density at radius 2 is 2.38 bits per heavy atom. The summed E-state index contributed by atoms with van der Waals surface area (Å²) >= 11 is 0. The largest absolute Gasteiger partial charge is 0.330 e. The summed E-state index contributed by atoms with van der Waals surface area (Å²) in [6.45, 7) is 3.98. The molecular weight excluding hydrogens is 172 g/mol. The number of H-pyrrole nitrogens is 1. The number of hydrogen-bond donors (Lipinski definition) is 2. The Hall–Kier alpha value is -1.43. The fraction of sp³-hybridized carbons (Fsp3) is 0.571. The van der Waals surface area contributed by atoms with E-state index in [0.717, 1.165) is 0 Å². The molecule has 0 aromatic carbocycles. The van der Waals surface area contributed by atoms with E-state index in [1.54, 1.807) is 0 Å². The zero-order valence-corrected chi connectivity index (χ0v) is 7.57. The number of hydrogen-bond acceptors (Lipinski definition) is 4. The molecule has 0 aliphatic heterocycles. The van der Waals surface area contributed by atoms with Crippen LogP contribution in [0.3, 0.4) is 0 Å². The van der Waals surface area contributed by atoms with E-state index in [1.165, 1.54) is 6.20 Å². The van der Waals surface area contributed by atoms with E-state index in [2.05, 4.69) is 10.2 Å². The molecule has 72 valence electrons. The minimum Gasteiger partial charge on any atom is -0.330 e. The van der Waals surface area contributed by atoms with Gasteiger partial charge in [0.2, 0.25) is 0 Å². The Kier molecular flexibility index (Phi) is 2.33. The SMILES string of the molecule is CC(C)(CN)c1[nH]ncc1[N+](=O)[O-]. The molecule has 6 heteroatoms. The molecule has 3 N–H and O–H groups in total. The van der Waals surface area contributed by atoms with Gasteiger partial charge in [0.15, 0.2) is 0 Å². The number of aromatic amines is 1. The highest BCUT2D eigenvalue weighted by molar-refractivity contribution is 5.37. The van der Waals surface area contributed by atoms with Crippen molar-refractivity contribution in [1.82, 2.24) is 10.2 Å². The molecular formula is C7H12N4O2. The lowest BCUT2D eigenvalue weighted by Gasteiger charge is -2.19. The van der Waals surface area contributed by atoms with E-state index in [9.17, 15) is 10.1 Å². The third-order valence-electron chi connectivity index (χ3n) is 2.00. The van der Waals surface area contributed by atoms with E-state index < -0.39 is 10.3 Å². The van der Waals surface area contributed by atoms with Crippen LogP contribution in [0.1, 0.15) is 19.5 Å². The highest BCUT2D eigenvalue weighted by Gasteiger charge is 2.29. The molecule has 0 spiro atoms. The second-order valence-electron chi connectivity index (χ2n) is 3.48. The molecule has 1 heterocycles. The summed E-state index contributed by atoms with van der Waals surface area (Å²) in [5.74, 6) is 0. The first-order chi connectivity index (χ1) is 5.99. The lowest BCUT2D eigenvalue weighted by molar-refractivity contribution is -0.386. The highest BCUT2D eigenvalue weighted by Crippen LogP contribution is 2.27. The summed E-state index contributed by atoms with van der Waals surface area (Å²) in [5, 5.41) is 16.8. The van der Waals surface area contributed by atoms with Gasteiger partial charge < -0.3 is 5.73 Å². The van der Waals surface area contributed by atoms with Crippen LogP contribution < -0.4 is 5.73 Å². The number of nitro groups is 1. The van der Waals surface area contributed by atoms with Crippen LogP contribution in [0.4, 0.5) is 5.69 Å². The Morgan fingerprint density at radius 3 is 2.85 bits per heavy atom. The lowest BCUT2D eigenvalue weighted by Crippen LogP contribution is -2.29. The fourth-order valence-corrected chi connectivity index (χ4v) is 1.02. The Labute approximate surface area is 75.3 Å². The highest BCUT2D eigenvalue weighted by atomic mass is 16.6. The third-order valence-corrected chi connectivity index (χ3v) is 2.00. The Morgan fingerprint density at radius 1 is 1.77 bits per heavy atom. The van der Waals surface area contributed by atoms with Crippen molar-refractivity contribution in [3.05, 3.63) is 22.0 Å². The fourth-order valence-electron chi connectivity index (χ4n) is 1.02. The second kappa shape index (κ2) is 3.14. The van der Waals surface area contributed by atoms with Crippen molar-refractivity contribution in [2.45, 2.75) is 19.3 Å². The van der Waals surface area contributed by atoms with Gasteiger partial charge in [0.25, 0.3) is 0 Å². The van der Waals surface area contributed by atoms with Crippen molar-refractivity contribution in [3.63, 3.8) is 0 Å². The molecule has 6 nitrogen and oxygen atoms in total. The monoisotopic (exact) mass is 184 g/mol. The molecule has 0 aliphatic carbocycles. The predicted molar refractivity (Wildman–Crippen MR) is 47.3 cm³/mol. The van der Waals surface area contributed by atoms with Crippen LogP contribution in [0.25, 0.3) is 0 Å². The van der Waals surface area contributed by atoms with Crippen molar-refractivity contribution in [3.8, 4) is 0 Å². The van der Waals surface area contributed by atoms with E-state index in [0.29, 0.717) is 12.2 Å². The quantitative estimate of drug-likeness (QED) is 0.529. The van der Waals surface area contributed by atoms with Crippen LogP contribution in [0, 0.1) is 10.1 Å². The molecule has 0 atom stereocenters. The van der Waals surface area contributed by atoms with E-state index in [1.807, 2.05) is 13.8 Å². The van der Waals surface area contributed by atoms with E-state index in [-0.39, 0.29) is 5.69 Å². The van der Waals surface area contributed by atoms with Gasteiger partial charge in [-0.15, -0.1) is 0 Å². The maximum absolute atomic E-state index is 10.6. The normalized spacial score (nSPS) is 11.6. The number of aromatic nitrogens is 2.